The normalized spacial score (nSPS) is 10.6. The Kier molecular flexibility index (Phi) is 16.6. The number of hydrogen-bond donors (Lipinski definition) is 0. The number of carboxylic acid groups (broad SMARTS) is 2. The molecule has 0 aromatic rings. The van der Waals surface area contributed by atoms with Gasteiger partial charge in [0.25, 0.3) is 0 Å². The molecule has 0 unspecified atom stereocenters. The predicted octanol–water partition coefficient (Wildman–Crippen LogP) is -6.61. The van der Waals surface area contributed by atoms with Crippen LogP contribution in [0.25, 0.3) is 0 Å². The van der Waals surface area contributed by atoms with Crippen molar-refractivity contribution >= 4 is 11.9 Å². The van der Waals surface area contributed by atoms with E-state index in [4.69, 9.17) is 0 Å². The Morgan fingerprint density at radius 3 is 1.19 bits per heavy atom. The Hall–Kier alpha value is 0.680. The van der Waals surface area contributed by atoms with Gasteiger partial charge < -0.3 is 19.8 Å². The molecule has 0 spiro atoms. The number of carbonyl (C=O) groups excluding carboxylic acids is 2. The van der Waals surface area contributed by atoms with Crippen LogP contribution < -0.4 is 69.3 Å². The molecular formula is C10H14Na2O4. The monoisotopic (exact) mass is 244 g/mol. The fraction of sp³-hybridized carbons (Fsp3) is 0.600. The average molecular weight is 244 g/mol. The minimum absolute atomic E-state index is 0. The van der Waals surface area contributed by atoms with Crippen LogP contribution in [0.4, 0.5) is 0 Å². The van der Waals surface area contributed by atoms with Crippen molar-refractivity contribution in [2.75, 3.05) is 0 Å². The van der Waals surface area contributed by atoms with Gasteiger partial charge in [0, 0.05) is 0 Å². The minimum atomic E-state index is -1.40. The van der Waals surface area contributed by atoms with E-state index in [1.807, 2.05) is 0 Å². The molecule has 0 N–H and O–H groups in total. The maximum atomic E-state index is 10.7. The summed E-state index contributed by atoms with van der Waals surface area (Å²) in [6.07, 6.45) is 1.57. The summed E-state index contributed by atoms with van der Waals surface area (Å²) in [5, 5.41) is 21.3. The maximum absolute atomic E-state index is 10.7. The standard InChI is InChI=1S/C10H16O4.2Na/c1-3-5-7(9(11)12)8(6-4-2)10(13)14;;/h3-6H2,1-2H3,(H,11,12)(H,13,14);;/q;2*+1/p-2. The molecule has 16 heavy (non-hydrogen) atoms. The Labute approximate surface area is 140 Å². The molecule has 0 bridgehead atoms. The first-order valence-corrected chi connectivity index (χ1v) is 4.69. The van der Waals surface area contributed by atoms with Gasteiger partial charge in [-0.15, -0.1) is 0 Å². The maximum Gasteiger partial charge on any atom is 1.00 e. The Bertz CT molecular complexity index is 236. The van der Waals surface area contributed by atoms with Crippen molar-refractivity contribution in [3.05, 3.63) is 11.1 Å². The van der Waals surface area contributed by atoms with E-state index in [0.29, 0.717) is 12.8 Å². The molecule has 0 aliphatic rings. The van der Waals surface area contributed by atoms with E-state index in [1.54, 1.807) is 13.8 Å². The zero-order valence-corrected chi connectivity index (χ0v) is 14.5. The number of carbonyl (C=O) groups is 2. The number of rotatable bonds is 6. The van der Waals surface area contributed by atoms with Gasteiger partial charge in [-0.3, -0.25) is 0 Å². The van der Waals surface area contributed by atoms with Gasteiger partial charge in [0.15, 0.2) is 0 Å². The summed E-state index contributed by atoms with van der Waals surface area (Å²) in [5.41, 5.74) is -0.260. The molecule has 0 atom stereocenters. The van der Waals surface area contributed by atoms with Gasteiger partial charge in [-0.1, -0.05) is 26.7 Å². The van der Waals surface area contributed by atoms with Crippen LogP contribution in [0.3, 0.4) is 0 Å². The summed E-state index contributed by atoms with van der Waals surface area (Å²) in [6, 6.07) is 0. The number of carboxylic acids is 2. The van der Waals surface area contributed by atoms with Crippen LogP contribution >= 0.6 is 0 Å². The van der Waals surface area contributed by atoms with E-state index in [9.17, 15) is 19.8 Å². The summed E-state index contributed by atoms with van der Waals surface area (Å²) in [4.78, 5) is 21.3. The van der Waals surface area contributed by atoms with E-state index in [0.717, 1.165) is 0 Å². The molecule has 4 nitrogen and oxygen atoms in total. The zero-order chi connectivity index (χ0) is 11.1. The van der Waals surface area contributed by atoms with Crippen molar-refractivity contribution in [2.45, 2.75) is 39.5 Å². The number of hydrogen-bond acceptors (Lipinski definition) is 4. The van der Waals surface area contributed by atoms with Crippen LogP contribution in [0.1, 0.15) is 39.5 Å². The molecule has 6 heteroatoms. The van der Waals surface area contributed by atoms with Gasteiger partial charge in [0.1, 0.15) is 0 Å². The van der Waals surface area contributed by atoms with Crippen LogP contribution in [0.5, 0.6) is 0 Å². The second kappa shape index (κ2) is 12.1. The molecule has 0 aliphatic heterocycles. The Morgan fingerprint density at radius 2 is 1.06 bits per heavy atom. The molecule has 0 amide bonds. The predicted molar refractivity (Wildman–Crippen MR) is 46.9 cm³/mol. The van der Waals surface area contributed by atoms with Gasteiger partial charge in [0.05, 0.1) is 11.9 Å². The zero-order valence-electron chi connectivity index (χ0n) is 10.5. The molecule has 0 heterocycles. The molecule has 0 aromatic heterocycles. The minimum Gasteiger partial charge on any atom is -0.545 e. The Balaban J connectivity index is -0.000000845. The molecule has 0 saturated carbocycles. The van der Waals surface area contributed by atoms with Crippen molar-refractivity contribution in [1.29, 1.82) is 0 Å². The van der Waals surface area contributed by atoms with Gasteiger partial charge in [-0.2, -0.15) is 0 Å². The number of aliphatic carboxylic acids is 2. The van der Waals surface area contributed by atoms with E-state index in [1.165, 1.54) is 0 Å². The van der Waals surface area contributed by atoms with Gasteiger partial charge in [-0.25, -0.2) is 0 Å². The molecular weight excluding hydrogens is 230 g/mol. The molecule has 80 valence electrons. The molecule has 0 saturated heterocycles. The van der Waals surface area contributed by atoms with Crippen LogP contribution in [-0.2, 0) is 9.59 Å². The van der Waals surface area contributed by atoms with E-state index in [2.05, 4.69) is 0 Å². The van der Waals surface area contributed by atoms with Crippen LogP contribution in [0.15, 0.2) is 11.1 Å². The van der Waals surface area contributed by atoms with Crippen molar-refractivity contribution < 1.29 is 78.9 Å². The van der Waals surface area contributed by atoms with Crippen LogP contribution in [-0.4, -0.2) is 11.9 Å². The van der Waals surface area contributed by atoms with E-state index >= 15 is 0 Å². The summed E-state index contributed by atoms with van der Waals surface area (Å²) in [6.45, 7) is 3.56. The second-order valence-electron chi connectivity index (χ2n) is 3.03. The van der Waals surface area contributed by atoms with Crippen molar-refractivity contribution in [3.63, 3.8) is 0 Å². The topological polar surface area (TPSA) is 80.3 Å². The quantitative estimate of drug-likeness (QED) is 0.344. The first-order chi connectivity index (χ1) is 6.54. The van der Waals surface area contributed by atoms with Gasteiger partial charge >= 0.3 is 59.1 Å². The Morgan fingerprint density at radius 1 is 0.812 bits per heavy atom. The van der Waals surface area contributed by atoms with Crippen LogP contribution in [0, 0.1) is 0 Å². The molecule has 0 radical (unpaired) electrons. The summed E-state index contributed by atoms with van der Waals surface area (Å²) >= 11 is 0. The third-order valence-corrected chi connectivity index (χ3v) is 1.86. The fourth-order valence-electron chi connectivity index (χ4n) is 1.25. The first-order valence-electron chi connectivity index (χ1n) is 4.69. The largest absolute Gasteiger partial charge is 1.00 e. The van der Waals surface area contributed by atoms with E-state index < -0.39 is 11.9 Å². The van der Waals surface area contributed by atoms with Gasteiger partial charge in [0.2, 0.25) is 0 Å². The summed E-state index contributed by atoms with van der Waals surface area (Å²) in [5.74, 6) is -2.81. The SMILES string of the molecule is CCCC(C(=O)[O-])=C(CCC)C(=O)[O-].[Na+].[Na+]. The molecule has 0 rings (SSSR count). The third kappa shape index (κ3) is 7.87. The first kappa shape index (κ1) is 21.9. The van der Waals surface area contributed by atoms with Crippen molar-refractivity contribution in [3.8, 4) is 0 Å². The molecule has 0 aliphatic carbocycles. The summed E-state index contributed by atoms with van der Waals surface area (Å²) < 4.78 is 0. The van der Waals surface area contributed by atoms with Crippen molar-refractivity contribution in [1.82, 2.24) is 0 Å². The molecule has 0 fully saturated rings. The second-order valence-corrected chi connectivity index (χ2v) is 3.03. The third-order valence-electron chi connectivity index (χ3n) is 1.86. The van der Waals surface area contributed by atoms with Crippen molar-refractivity contribution in [2.24, 2.45) is 0 Å². The van der Waals surface area contributed by atoms with E-state index in [-0.39, 0.29) is 83.1 Å². The fourth-order valence-corrected chi connectivity index (χ4v) is 1.25. The summed E-state index contributed by atoms with van der Waals surface area (Å²) in [7, 11) is 0. The molecule has 0 aromatic carbocycles. The van der Waals surface area contributed by atoms with Crippen LogP contribution in [0.2, 0.25) is 0 Å². The van der Waals surface area contributed by atoms with Gasteiger partial charge in [-0.05, 0) is 24.0 Å². The smallest absolute Gasteiger partial charge is 0.545 e. The average Bonchev–Trinajstić information content (AvgIpc) is 2.10.